The molecule has 1 aliphatic heterocycles. The summed E-state index contributed by atoms with van der Waals surface area (Å²) in [5.74, 6) is 2.13. The van der Waals surface area contributed by atoms with Gasteiger partial charge in [0.15, 0.2) is 17.3 Å². The van der Waals surface area contributed by atoms with Gasteiger partial charge in [-0.05, 0) is 51.8 Å². The summed E-state index contributed by atoms with van der Waals surface area (Å²) in [6.07, 6.45) is 4.02. The highest BCUT2D eigenvalue weighted by Gasteiger charge is 2.44. The van der Waals surface area contributed by atoms with E-state index in [1.54, 1.807) is 0 Å². The molecular weight excluding hydrogens is 370 g/mol. The number of nitrogens with zero attached hydrogens (tertiary/aromatic N) is 2. The van der Waals surface area contributed by atoms with Gasteiger partial charge >= 0.3 is 0 Å². The van der Waals surface area contributed by atoms with Gasteiger partial charge in [0.1, 0.15) is 5.76 Å². The third-order valence-electron chi connectivity index (χ3n) is 5.68. The van der Waals surface area contributed by atoms with E-state index in [1.807, 2.05) is 55.7 Å². The average molecular weight is 393 g/mol. The number of benzene rings is 1. The lowest BCUT2D eigenvalue weighted by atomic mass is 10.2. The SMILES string of the molecule is Cc1cc(-n2c(C)cc(C(=O)Nc3ccc4c(c3)OC3(CCCC3)O4)c2C)no1. The van der Waals surface area contributed by atoms with E-state index in [0.29, 0.717) is 22.8 Å². The van der Waals surface area contributed by atoms with Gasteiger partial charge in [0.25, 0.3) is 11.7 Å². The molecule has 0 atom stereocenters. The molecule has 5 rings (SSSR count). The molecule has 29 heavy (non-hydrogen) atoms. The number of ether oxygens (including phenoxy) is 2. The smallest absolute Gasteiger partial charge is 0.257 e. The molecule has 0 saturated heterocycles. The number of hydrogen-bond acceptors (Lipinski definition) is 5. The van der Waals surface area contributed by atoms with E-state index in [-0.39, 0.29) is 5.91 Å². The number of anilines is 1. The maximum Gasteiger partial charge on any atom is 0.257 e. The van der Waals surface area contributed by atoms with Crippen molar-refractivity contribution in [3.8, 4) is 17.3 Å². The van der Waals surface area contributed by atoms with Crippen LogP contribution < -0.4 is 14.8 Å². The Kier molecular flexibility index (Phi) is 3.94. The Bertz CT molecular complexity index is 1110. The van der Waals surface area contributed by atoms with Crippen molar-refractivity contribution in [2.24, 2.45) is 0 Å². The first-order chi connectivity index (χ1) is 13.9. The third-order valence-corrected chi connectivity index (χ3v) is 5.68. The maximum atomic E-state index is 12.9. The third kappa shape index (κ3) is 2.97. The van der Waals surface area contributed by atoms with Crippen molar-refractivity contribution < 1.29 is 18.8 Å². The summed E-state index contributed by atoms with van der Waals surface area (Å²) in [6, 6.07) is 9.24. The van der Waals surface area contributed by atoms with Gasteiger partial charge in [0.2, 0.25) is 0 Å². The van der Waals surface area contributed by atoms with Crippen LogP contribution in [-0.4, -0.2) is 21.4 Å². The number of aryl methyl sites for hydroxylation is 2. The summed E-state index contributed by atoms with van der Waals surface area (Å²) in [6.45, 7) is 5.68. The van der Waals surface area contributed by atoms with Crippen molar-refractivity contribution in [1.29, 1.82) is 0 Å². The predicted octanol–water partition coefficient (Wildman–Crippen LogP) is 4.68. The highest BCUT2D eigenvalue weighted by atomic mass is 16.7. The van der Waals surface area contributed by atoms with E-state index in [1.165, 1.54) is 0 Å². The van der Waals surface area contributed by atoms with E-state index in [2.05, 4.69) is 10.5 Å². The van der Waals surface area contributed by atoms with Crippen molar-refractivity contribution in [2.75, 3.05) is 5.32 Å². The number of aromatic nitrogens is 2. The molecule has 0 bridgehead atoms. The Hall–Kier alpha value is -3.22. The number of nitrogens with one attached hydrogen (secondary N) is 1. The number of carbonyl (C=O) groups excluding carboxylic acids is 1. The fourth-order valence-corrected chi connectivity index (χ4v) is 4.29. The molecule has 1 N–H and O–H groups in total. The second kappa shape index (κ2) is 6.40. The van der Waals surface area contributed by atoms with Gasteiger partial charge < -0.3 is 19.3 Å². The van der Waals surface area contributed by atoms with Crippen molar-refractivity contribution in [3.05, 3.63) is 53.0 Å². The number of carbonyl (C=O) groups is 1. The molecule has 0 radical (unpaired) electrons. The minimum absolute atomic E-state index is 0.181. The van der Waals surface area contributed by atoms with Gasteiger partial charge in [-0.2, -0.15) is 0 Å². The van der Waals surface area contributed by atoms with Crippen LogP contribution in [0.2, 0.25) is 0 Å². The monoisotopic (exact) mass is 393 g/mol. The Morgan fingerprint density at radius 2 is 1.83 bits per heavy atom. The first-order valence-corrected chi connectivity index (χ1v) is 9.90. The van der Waals surface area contributed by atoms with Crippen LogP contribution in [0.3, 0.4) is 0 Å². The van der Waals surface area contributed by atoms with E-state index in [9.17, 15) is 4.79 Å². The molecule has 3 aromatic rings. The van der Waals surface area contributed by atoms with Crippen LogP contribution >= 0.6 is 0 Å². The Morgan fingerprint density at radius 3 is 2.55 bits per heavy atom. The molecule has 150 valence electrons. The van der Waals surface area contributed by atoms with Crippen LogP contribution in [0.4, 0.5) is 5.69 Å². The van der Waals surface area contributed by atoms with Gasteiger partial charge in [0, 0.05) is 42.0 Å². The summed E-state index contributed by atoms with van der Waals surface area (Å²) in [4.78, 5) is 12.9. The number of hydrogen-bond donors (Lipinski definition) is 1. The van der Waals surface area contributed by atoms with Crippen LogP contribution in [0, 0.1) is 20.8 Å². The Labute approximate surface area is 168 Å². The molecule has 1 fully saturated rings. The van der Waals surface area contributed by atoms with Crippen molar-refractivity contribution >= 4 is 11.6 Å². The first-order valence-electron chi connectivity index (χ1n) is 9.90. The van der Waals surface area contributed by atoms with Crippen LogP contribution in [0.1, 0.15) is 53.2 Å². The Balaban J connectivity index is 1.38. The van der Waals surface area contributed by atoms with Crippen LogP contribution in [0.25, 0.3) is 5.82 Å². The van der Waals surface area contributed by atoms with E-state index in [0.717, 1.165) is 48.6 Å². The molecular formula is C22H23N3O4. The summed E-state index contributed by atoms with van der Waals surface area (Å²) >= 11 is 0. The number of rotatable bonds is 3. The second-order valence-corrected chi connectivity index (χ2v) is 7.85. The molecule has 1 amide bonds. The summed E-state index contributed by atoms with van der Waals surface area (Å²) in [7, 11) is 0. The minimum atomic E-state index is -0.508. The highest BCUT2D eigenvalue weighted by molar-refractivity contribution is 6.05. The van der Waals surface area contributed by atoms with Gasteiger partial charge in [-0.1, -0.05) is 5.16 Å². The molecule has 1 spiro atoms. The van der Waals surface area contributed by atoms with Crippen molar-refractivity contribution in [1.82, 2.24) is 9.72 Å². The predicted molar refractivity (Wildman–Crippen MR) is 107 cm³/mol. The molecule has 0 unspecified atom stereocenters. The van der Waals surface area contributed by atoms with Crippen molar-refractivity contribution in [2.45, 2.75) is 52.2 Å². The largest absolute Gasteiger partial charge is 0.448 e. The zero-order chi connectivity index (χ0) is 20.2. The van der Waals surface area contributed by atoms with E-state index < -0.39 is 5.79 Å². The molecule has 7 heteroatoms. The van der Waals surface area contributed by atoms with Crippen LogP contribution in [-0.2, 0) is 0 Å². The normalized spacial score (nSPS) is 16.5. The fourth-order valence-electron chi connectivity index (χ4n) is 4.29. The van der Waals surface area contributed by atoms with Crippen LogP contribution in [0.5, 0.6) is 11.5 Å². The fraction of sp³-hybridized carbons (Fsp3) is 0.364. The van der Waals surface area contributed by atoms with Gasteiger partial charge in [-0.3, -0.25) is 9.36 Å². The zero-order valence-electron chi connectivity index (χ0n) is 16.7. The number of fused-ring (bicyclic) bond motifs is 1. The molecule has 1 aromatic carbocycles. The maximum absolute atomic E-state index is 12.9. The zero-order valence-corrected chi connectivity index (χ0v) is 16.7. The molecule has 3 heterocycles. The summed E-state index contributed by atoms with van der Waals surface area (Å²) < 4.78 is 19.2. The van der Waals surface area contributed by atoms with Gasteiger partial charge in [0.05, 0.1) is 5.56 Å². The van der Waals surface area contributed by atoms with Gasteiger partial charge in [-0.25, -0.2) is 0 Å². The molecule has 7 nitrogen and oxygen atoms in total. The molecule has 1 aliphatic carbocycles. The quantitative estimate of drug-likeness (QED) is 0.699. The molecule has 2 aliphatic rings. The lowest BCUT2D eigenvalue weighted by Crippen LogP contribution is -2.34. The Morgan fingerprint density at radius 1 is 1.07 bits per heavy atom. The standard InChI is InChI=1S/C22H23N3O4/c1-13-10-17(15(3)25(13)20-11-14(2)29-24-20)21(26)23-16-6-7-18-19(12-16)28-22(27-18)8-4-5-9-22/h6-7,10-12H,4-5,8-9H2,1-3H3,(H,23,26). The van der Waals surface area contributed by atoms with E-state index >= 15 is 0 Å². The summed E-state index contributed by atoms with van der Waals surface area (Å²) in [5, 5.41) is 7.04. The highest BCUT2D eigenvalue weighted by Crippen LogP contribution is 2.47. The second-order valence-electron chi connectivity index (χ2n) is 7.85. The van der Waals surface area contributed by atoms with Gasteiger partial charge in [-0.15, -0.1) is 0 Å². The lowest BCUT2D eigenvalue weighted by molar-refractivity contribution is -0.0716. The first kappa shape index (κ1) is 17.8. The van der Waals surface area contributed by atoms with Crippen molar-refractivity contribution in [3.63, 3.8) is 0 Å². The molecule has 1 saturated carbocycles. The van der Waals surface area contributed by atoms with Crippen LogP contribution in [0.15, 0.2) is 34.9 Å². The number of amides is 1. The lowest BCUT2D eigenvalue weighted by Gasteiger charge is -2.21. The topological polar surface area (TPSA) is 78.5 Å². The average Bonchev–Trinajstić information content (AvgIpc) is 3.44. The minimum Gasteiger partial charge on any atom is -0.448 e. The van der Waals surface area contributed by atoms with E-state index in [4.69, 9.17) is 14.0 Å². The molecule has 2 aromatic heterocycles. The summed E-state index contributed by atoms with van der Waals surface area (Å²) in [5.41, 5.74) is 2.98.